The lowest BCUT2D eigenvalue weighted by molar-refractivity contribution is -0.659. The Bertz CT molecular complexity index is 1330. The van der Waals surface area contributed by atoms with Crippen LogP contribution in [-0.2, 0) is 13.5 Å². The summed E-state index contributed by atoms with van der Waals surface area (Å²) in [6.45, 7) is 4.40. The van der Waals surface area contributed by atoms with Gasteiger partial charge in [0.25, 0.3) is 0 Å². The molecule has 0 amide bonds. The third kappa shape index (κ3) is 2.66. The highest BCUT2D eigenvalue weighted by molar-refractivity contribution is 6.05. The van der Waals surface area contributed by atoms with Crippen LogP contribution in [0.3, 0.4) is 0 Å². The zero-order valence-corrected chi connectivity index (χ0v) is 18.1. The molecule has 1 aromatic heterocycles. The Morgan fingerprint density at radius 3 is 2.60 bits per heavy atom. The Hall–Kier alpha value is -2.87. The summed E-state index contributed by atoms with van der Waals surface area (Å²) in [7, 11) is 2.15. The van der Waals surface area contributed by atoms with Crippen molar-refractivity contribution in [2.75, 3.05) is 0 Å². The monoisotopic (exact) mass is 394 g/mol. The molecule has 0 spiro atoms. The minimum atomic E-state index is 0.833. The summed E-state index contributed by atoms with van der Waals surface area (Å²) in [5.41, 5.74) is 6.52. The molecule has 0 unspecified atom stereocenters. The van der Waals surface area contributed by atoms with Crippen LogP contribution in [0.4, 0.5) is 0 Å². The number of pyridine rings is 1. The van der Waals surface area contributed by atoms with Gasteiger partial charge in [-0.05, 0) is 65.6 Å². The maximum Gasteiger partial charge on any atom is 0.228 e. The van der Waals surface area contributed by atoms with Gasteiger partial charge in [-0.1, -0.05) is 55.5 Å². The third-order valence-corrected chi connectivity index (χ3v) is 7.24. The molecular formula is C28H28NO+. The largest absolute Gasteiger partial charge is 0.456 e. The highest BCUT2D eigenvalue weighted by atomic mass is 16.5. The first-order valence-electron chi connectivity index (χ1n) is 11.3. The number of rotatable bonds is 2. The number of nitrogens with zero attached hydrogens (tertiary/aromatic N) is 1. The Kier molecular flexibility index (Phi) is 3.93. The minimum Gasteiger partial charge on any atom is -0.456 e. The SMILES string of the molecule is Cc1ccc2cc3c(c(C)c2c1)-c1c2c(cc(CC4CCCC4)cc2cc[n+]1C)O3. The topological polar surface area (TPSA) is 13.1 Å². The number of aryl methyl sites for hydroxylation is 3. The average molecular weight is 395 g/mol. The molecule has 4 aromatic rings. The minimum absolute atomic E-state index is 0.833. The second-order valence-corrected chi connectivity index (χ2v) is 9.39. The maximum atomic E-state index is 6.62. The molecule has 0 atom stereocenters. The summed E-state index contributed by atoms with van der Waals surface area (Å²) in [5, 5.41) is 5.11. The molecule has 0 saturated heterocycles. The van der Waals surface area contributed by atoms with Crippen molar-refractivity contribution in [1.29, 1.82) is 0 Å². The first-order valence-corrected chi connectivity index (χ1v) is 11.3. The van der Waals surface area contributed by atoms with Crippen LogP contribution in [-0.4, -0.2) is 0 Å². The molecule has 2 heteroatoms. The maximum absolute atomic E-state index is 6.62. The van der Waals surface area contributed by atoms with Gasteiger partial charge < -0.3 is 4.74 Å². The Morgan fingerprint density at radius 1 is 0.933 bits per heavy atom. The van der Waals surface area contributed by atoms with Crippen LogP contribution in [0.15, 0.2) is 48.7 Å². The molecule has 1 fully saturated rings. The van der Waals surface area contributed by atoms with Crippen molar-refractivity contribution in [2.45, 2.75) is 46.0 Å². The van der Waals surface area contributed by atoms with E-state index < -0.39 is 0 Å². The van der Waals surface area contributed by atoms with Crippen LogP contribution in [0.5, 0.6) is 11.5 Å². The predicted molar refractivity (Wildman–Crippen MR) is 123 cm³/mol. The summed E-state index contributed by atoms with van der Waals surface area (Å²) < 4.78 is 8.88. The summed E-state index contributed by atoms with van der Waals surface area (Å²) in [5.74, 6) is 2.83. The molecule has 1 saturated carbocycles. The second kappa shape index (κ2) is 6.57. The number of aromatic nitrogens is 1. The van der Waals surface area contributed by atoms with Gasteiger partial charge in [0.1, 0.15) is 18.5 Å². The lowest BCUT2D eigenvalue weighted by atomic mass is 9.90. The van der Waals surface area contributed by atoms with Crippen molar-refractivity contribution in [2.24, 2.45) is 13.0 Å². The van der Waals surface area contributed by atoms with E-state index in [-0.39, 0.29) is 0 Å². The highest BCUT2D eigenvalue weighted by Crippen LogP contribution is 2.48. The van der Waals surface area contributed by atoms with Crippen molar-refractivity contribution >= 4 is 21.5 Å². The Balaban J connectivity index is 1.61. The van der Waals surface area contributed by atoms with Crippen molar-refractivity contribution in [3.05, 3.63) is 65.4 Å². The van der Waals surface area contributed by atoms with Gasteiger partial charge in [0.15, 0.2) is 6.20 Å². The molecule has 0 N–H and O–H groups in total. The van der Waals surface area contributed by atoms with Gasteiger partial charge in [-0.3, -0.25) is 0 Å². The fourth-order valence-corrected chi connectivity index (χ4v) is 5.72. The lowest BCUT2D eigenvalue weighted by Crippen LogP contribution is -2.31. The lowest BCUT2D eigenvalue weighted by Gasteiger charge is -2.23. The molecule has 2 aliphatic rings. The van der Waals surface area contributed by atoms with E-state index in [2.05, 4.69) is 74.1 Å². The summed E-state index contributed by atoms with van der Waals surface area (Å²) >= 11 is 0. The van der Waals surface area contributed by atoms with Gasteiger partial charge in [-0.2, -0.15) is 0 Å². The Labute approximate surface area is 178 Å². The van der Waals surface area contributed by atoms with Gasteiger partial charge >= 0.3 is 0 Å². The highest BCUT2D eigenvalue weighted by Gasteiger charge is 2.30. The first kappa shape index (κ1) is 17.9. The van der Waals surface area contributed by atoms with Gasteiger partial charge in [0.05, 0.1) is 10.9 Å². The number of hydrogen-bond donors (Lipinski definition) is 0. The molecule has 0 radical (unpaired) electrons. The van der Waals surface area contributed by atoms with E-state index in [1.54, 1.807) is 0 Å². The molecule has 150 valence electrons. The van der Waals surface area contributed by atoms with Crippen molar-refractivity contribution in [3.63, 3.8) is 0 Å². The fraction of sp³-hybridized carbons (Fsp3) is 0.321. The molecule has 2 nitrogen and oxygen atoms in total. The number of ether oxygens (including phenoxy) is 1. The van der Waals surface area contributed by atoms with Crippen LogP contribution in [0.1, 0.15) is 42.4 Å². The van der Waals surface area contributed by atoms with Crippen LogP contribution in [0.25, 0.3) is 32.8 Å². The molecular weight excluding hydrogens is 366 g/mol. The number of benzene rings is 3. The smallest absolute Gasteiger partial charge is 0.228 e. The predicted octanol–water partition coefficient (Wildman–Crippen LogP) is 6.94. The fourth-order valence-electron chi connectivity index (χ4n) is 5.72. The van der Waals surface area contributed by atoms with Crippen LogP contribution >= 0.6 is 0 Å². The van der Waals surface area contributed by atoms with Crippen molar-refractivity contribution in [3.8, 4) is 22.8 Å². The van der Waals surface area contributed by atoms with Gasteiger partial charge in [-0.25, -0.2) is 4.57 Å². The van der Waals surface area contributed by atoms with E-state index >= 15 is 0 Å². The quantitative estimate of drug-likeness (QED) is 0.296. The molecule has 3 aromatic carbocycles. The van der Waals surface area contributed by atoms with Crippen LogP contribution in [0, 0.1) is 19.8 Å². The molecule has 1 aliphatic heterocycles. The van der Waals surface area contributed by atoms with Crippen LogP contribution < -0.4 is 9.30 Å². The summed E-state index contributed by atoms with van der Waals surface area (Å²) in [4.78, 5) is 0. The summed E-state index contributed by atoms with van der Waals surface area (Å²) in [6.07, 6.45) is 8.90. The van der Waals surface area contributed by atoms with E-state index in [0.29, 0.717) is 0 Å². The van der Waals surface area contributed by atoms with E-state index in [4.69, 9.17) is 4.74 Å². The van der Waals surface area contributed by atoms with Crippen molar-refractivity contribution in [1.82, 2.24) is 0 Å². The third-order valence-electron chi connectivity index (χ3n) is 7.24. The molecule has 1 aliphatic carbocycles. The Morgan fingerprint density at radius 2 is 1.77 bits per heavy atom. The molecule has 6 rings (SSSR count). The summed E-state index contributed by atoms with van der Waals surface area (Å²) in [6, 6.07) is 15.9. The van der Waals surface area contributed by atoms with E-state index in [1.807, 2.05) is 0 Å². The average Bonchev–Trinajstić information content (AvgIpc) is 3.23. The van der Waals surface area contributed by atoms with Gasteiger partial charge in [0, 0.05) is 6.07 Å². The van der Waals surface area contributed by atoms with Gasteiger partial charge in [-0.15, -0.1) is 0 Å². The zero-order valence-electron chi connectivity index (χ0n) is 18.1. The molecule has 0 bridgehead atoms. The van der Waals surface area contributed by atoms with E-state index in [1.165, 1.54) is 81.6 Å². The first-order chi connectivity index (χ1) is 14.6. The number of hydrogen-bond acceptors (Lipinski definition) is 1. The molecule has 2 heterocycles. The number of fused-ring (bicyclic) bond motifs is 3. The van der Waals surface area contributed by atoms with Crippen molar-refractivity contribution < 1.29 is 9.30 Å². The standard InChI is InChI=1S/C28H28NO/c1-17-8-9-21-16-25-26(18(2)23(21)12-17)28-27-22(10-11-29(28)3)14-20(15-24(27)30-25)13-19-6-4-5-7-19/h8-12,14-16,19H,4-7,13H2,1-3H3/q+1. The van der Waals surface area contributed by atoms with E-state index in [0.717, 1.165) is 17.4 Å². The van der Waals surface area contributed by atoms with Gasteiger partial charge in [0.2, 0.25) is 5.69 Å². The zero-order chi connectivity index (χ0) is 20.4. The van der Waals surface area contributed by atoms with E-state index in [9.17, 15) is 0 Å². The molecule has 30 heavy (non-hydrogen) atoms. The normalized spacial score (nSPS) is 15.6. The van der Waals surface area contributed by atoms with Crippen LogP contribution in [0.2, 0.25) is 0 Å². The second-order valence-electron chi connectivity index (χ2n) is 9.39.